The van der Waals surface area contributed by atoms with Crippen molar-refractivity contribution in [3.05, 3.63) is 23.2 Å². The third-order valence-corrected chi connectivity index (χ3v) is 3.47. The number of amides is 1. The van der Waals surface area contributed by atoms with Crippen LogP contribution in [0.4, 0.5) is 5.88 Å². The van der Waals surface area contributed by atoms with Crippen molar-refractivity contribution in [1.82, 2.24) is 10.1 Å². The van der Waals surface area contributed by atoms with E-state index in [1.807, 2.05) is 13.8 Å². The smallest absolute Gasteiger partial charge is 0.256 e. The fraction of sp³-hybridized carbons (Fsp3) is 0.417. The highest BCUT2D eigenvalue weighted by Crippen LogP contribution is 2.25. The van der Waals surface area contributed by atoms with Crippen LogP contribution in [0.2, 0.25) is 0 Å². The third kappa shape index (κ3) is 3.37. The maximum atomic E-state index is 11.9. The standard InChI is InChI=1S/C12H15N3O3S/c1-6-5-10(18-15-6)14-11(16)9(4)19-12-13-7(2)8(3)17-12/h5,9H,1-4H3,(H,14,16)/t9-/m1/s1. The fourth-order valence-corrected chi connectivity index (χ4v) is 2.18. The van der Waals surface area contributed by atoms with E-state index < -0.39 is 0 Å². The number of hydrogen-bond donors (Lipinski definition) is 1. The number of nitrogens with zero attached hydrogens (tertiary/aromatic N) is 2. The van der Waals surface area contributed by atoms with Gasteiger partial charge in [0.25, 0.3) is 5.22 Å². The number of thioether (sulfide) groups is 1. The lowest BCUT2D eigenvalue weighted by atomic mass is 10.4. The second-order valence-electron chi connectivity index (χ2n) is 4.20. The van der Waals surface area contributed by atoms with E-state index in [0.29, 0.717) is 11.1 Å². The second kappa shape index (κ2) is 5.48. The molecule has 19 heavy (non-hydrogen) atoms. The minimum absolute atomic E-state index is 0.186. The molecule has 1 atom stereocenters. The van der Waals surface area contributed by atoms with Crippen LogP contribution in [0.1, 0.15) is 24.1 Å². The van der Waals surface area contributed by atoms with Crippen molar-refractivity contribution < 1.29 is 13.7 Å². The van der Waals surface area contributed by atoms with E-state index >= 15 is 0 Å². The first-order valence-electron chi connectivity index (χ1n) is 5.80. The van der Waals surface area contributed by atoms with E-state index in [1.54, 1.807) is 19.9 Å². The van der Waals surface area contributed by atoms with Crippen LogP contribution in [0.3, 0.4) is 0 Å². The predicted molar refractivity (Wildman–Crippen MR) is 71.2 cm³/mol. The highest BCUT2D eigenvalue weighted by atomic mass is 32.2. The van der Waals surface area contributed by atoms with Gasteiger partial charge in [-0.1, -0.05) is 16.9 Å². The summed E-state index contributed by atoms with van der Waals surface area (Å²) in [7, 11) is 0. The minimum Gasteiger partial charge on any atom is -0.437 e. The molecule has 0 aliphatic carbocycles. The molecule has 0 radical (unpaired) electrons. The van der Waals surface area contributed by atoms with Gasteiger partial charge in [0.1, 0.15) is 5.76 Å². The highest BCUT2D eigenvalue weighted by molar-refractivity contribution is 8.00. The average Bonchev–Trinajstić information content (AvgIpc) is 2.86. The Balaban J connectivity index is 1.95. The number of rotatable bonds is 4. The summed E-state index contributed by atoms with van der Waals surface area (Å²) in [5.74, 6) is 0.922. The van der Waals surface area contributed by atoms with Crippen LogP contribution in [0.25, 0.3) is 0 Å². The number of aryl methyl sites for hydroxylation is 3. The van der Waals surface area contributed by atoms with Gasteiger partial charge in [0.2, 0.25) is 11.8 Å². The number of nitrogens with one attached hydrogen (secondary N) is 1. The van der Waals surface area contributed by atoms with Gasteiger partial charge in [-0.25, -0.2) is 4.98 Å². The Morgan fingerprint density at radius 2 is 2.16 bits per heavy atom. The lowest BCUT2D eigenvalue weighted by Gasteiger charge is -2.06. The molecule has 0 bridgehead atoms. The molecule has 1 N–H and O–H groups in total. The van der Waals surface area contributed by atoms with Crippen LogP contribution >= 0.6 is 11.8 Å². The monoisotopic (exact) mass is 281 g/mol. The van der Waals surface area contributed by atoms with Gasteiger partial charge in [0.15, 0.2) is 0 Å². The Morgan fingerprint density at radius 3 is 2.68 bits per heavy atom. The fourth-order valence-electron chi connectivity index (χ4n) is 1.34. The molecule has 2 heterocycles. The van der Waals surface area contributed by atoms with Crippen molar-refractivity contribution in [2.24, 2.45) is 0 Å². The molecule has 2 rings (SSSR count). The summed E-state index contributed by atoms with van der Waals surface area (Å²) < 4.78 is 10.4. The van der Waals surface area contributed by atoms with Gasteiger partial charge in [0, 0.05) is 6.07 Å². The van der Waals surface area contributed by atoms with Crippen LogP contribution in [0, 0.1) is 20.8 Å². The van der Waals surface area contributed by atoms with E-state index in [4.69, 9.17) is 8.94 Å². The summed E-state index contributed by atoms with van der Waals surface area (Å²) in [6, 6.07) is 1.66. The summed E-state index contributed by atoms with van der Waals surface area (Å²) in [6.07, 6.45) is 0. The molecule has 0 unspecified atom stereocenters. The molecule has 0 aliphatic heterocycles. The first-order chi connectivity index (χ1) is 8.95. The van der Waals surface area contributed by atoms with Crippen LogP contribution in [-0.4, -0.2) is 21.3 Å². The summed E-state index contributed by atoms with van der Waals surface area (Å²) in [5, 5.41) is 6.49. The lowest BCUT2D eigenvalue weighted by Crippen LogP contribution is -2.22. The summed E-state index contributed by atoms with van der Waals surface area (Å²) in [5.41, 5.74) is 1.55. The van der Waals surface area contributed by atoms with Crippen molar-refractivity contribution in [3.63, 3.8) is 0 Å². The zero-order chi connectivity index (χ0) is 14.0. The van der Waals surface area contributed by atoms with E-state index in [9.17, 15) is 4.79 Å². The maximum Gasteiger partial charge on any atom is 0.256 e. The minimum atomic E-state index is -0.345. The maximum absolute atomic E-state index is 11.9. The largest absolute Gasteiger partial charge is 0.437 e. The first kappa shape index (κ1) is 13.7. The molecule has 7 heteroatoms. The van der Waals surface area contributed by atoms with E-state index in [0.717, 1.165) is 17.1 Å². The number of carbonyl (C=O) groups is 1. The number of hydrogen-bond acceptors (Lipinski definition) is 6. The van der Waals surface area contributed by atoms with Gasteiger partial charge in [-0.15, -0.1) is 0 Å². The molecule has 0 saturated heterocycles. The van der Waals surface area contributed by atoms with E-state index in [-0.39, 0.29) is 11.2 Å². The molecular weight excluding hydrogens is 266 g/mol. The molecule has 2 aromatic rings. The summed E-state index contributed by atoms with van der Waals surface area (Å²) in [4.78, 5) is 16.2. The van der Waals surface area contributed by atoms with Gasteiger partial charge < -0.3 is 8.94 Å². The summed E-state index contributed by atoms with van der Waals surface area (Å²) in [6.45, 7) is 7.27. The van der Waals surface area contributed by atoms with Crippen LogP contribution in [0.15, 0.2) is 20.2 Å². The zero-order valence-electron chi connectivity index (χ0n) is 11.2. The third-order valence-electron chi connectivity index (χ3n) is 2.53. The Bertz CT molecular complexity index is 571. The number of anilines is 1. The van der Waals surface area contributed by atoms with E-state index in [2.05, 4.69) is 15.5 Å². The predicted octanol–water partition coefficient (Wildman–Crippen LogP) is 2.71. The molecule has 0 fully saturated rings. The quantitative estimate of drug-likeness (QED) is 0.868. The Hall–Kier alpha value is -1.76. The molecule has 102 valence electrons. The average molecular weight is 281 g/mol. The normalized spacial score (nSPS) is 12.4. The number of oxazole rings is 1. The van der Waals surface area contributed by atoms with Crippen LogP contribution in [0.5, 0.6) is 0 Å². The molecule has 1 amide bonds. The molecule has 0 aliphatic rings. The molecular formula is C12H15N3O3S. The van der Waals surface area contributed by atoms with Gasteiger partial charge in [-0.2, -0.15) is 0 Å². The number of carbonyl (C=O) groups excluding carboxylic acids is 1. The Kier molecular flexibility index (Phi) is 3.94. The molecule has 0 aromatic carbocycles. The molecule has 2 aromatic heterocycles. The second-order valence-corrected chi connectivity index (χ2v) is 5.50. The highest BCUT2D eigenvalue weighted by Gasteiger charge is 2.19. The van der Waals surface area contributed by atoms with Crippen molar-refractivity contribution in [1.29, 1.82) is 0 Å². The van der Waals surface area contributed by atoms with Crippen LogP contribution in [-0.2, 0) is 4.79 Å². The van der Waals surface area contributed by atoms with Crippen molar-refractivity contribution in [2.45, 2.75) is 38.2 Å². The van der Waals surface area contributed by atoms with Crippen LogP contribution < -0.4 is 5.32 Å². The van der Waals surface area contributed by atoms with Crippen molar-refractivity contribution >= 4 is 23.6 Å². The van der Waals surface area contributed by atoms with Crippen molar-refractivity contribution in [2.75, 3.05) is 5.32 Å². The van der Waals surface area contributed by atoms with Gasteiger partial charge in [-0.3, -0.25) is 10.1 Å². The van der Waals surface area contributed by atoms with E-state index in [1.165, 1.54) is 11.8 Å². The van der Waals surface area contributed by atoms with Gasteiger partial charge >= 0.3 is 0 Å². The zero-order valence-corrected chi connectivity index (χ0v) is 12.0. The van der Waals surface area contributed by atoms with Crippen molar-refractivity contribution in [3.8, 4) is 0 Å². The molecule has 0 saturated carbocycles. The Labute approximate surface area is 114 Å². The topological polar surface area (TPSA) is 81.2 Å². The van der Waals surface area contributed by atoms with Gasteiger partial charge in [0.05, 0.1) is 16.6 Å². The van der Waals surface area contributed by atoms with Gasteiger partial charge in [-0.05, 0) is 27.7 Å². The molecule has 6 nitrogen and oxygen atoms in total. The summed E-state index contributed by atoms with van der Waals surface area (Å²) >= 11 is 1.26. The first-order valence-corrected chi connectivity index (χ1v) is 6.68. The number of aromatic nitrogens is 2. The molecule has 0 spiro atoms. The lowest BCUT2D eigenvalue weighted by molar-refractivity contribution is -0.115. The SMILES string of the molecule is Cc1cc(NC(=O)[C@@H](C)Sc2nc(C)c(C)o2)on1. The Morgan fingerprint density at radius 1 is 1.42 bits per heavy atom.